The van der Waals surface area contributed by atoms with Crippen molar-refractivity contribution in [2.45, 2.75) is 51.7 Å². The summed E-state index contributed by atoms with van der Waals surface area (Å²) in [4.78, 5) is 15.8. The van der Waals surface area contributed by atoms with E-state index in [0.29, 0.717) is 34.8 Å². The van der Waals surface area contributed by atoms with Crippen LogP contribution in [0.1, 0.15) is 31.4 Å². The van der Waals surface area contributed by atoms with Crippen LogP contribution in [-0.2, 0) is 4.74 Å². The predicted octanol–water partition coefficient (Wildman–Crippen LogP) is 2.65. The molecule has 1 unspecified atom stereocenters. The van der Waals surface area contributed by atoms with Crippen LogP contribution in [0.4, 0.5) is 10.5 Å². The van der Waals surface area contributed by atoms with Crippen LogP contribution in [0.2, 0.25) is 5.02 Å². The van der Waals surface area contributed by atoms with E-state index in [1.807, 2.05) is 19.9 Å². The maximum atomic E-state index is 12.8. The third-order valence-corrected chi connectivity index (χ3v) is 5.09. The molecule has 2 saturated heterocycles. The molecule has 1 N–H and O–H groups in total. The van der Waals surface area contributed by atoms with Crippen LogP contribution in [0.15, 0.2) is 12.1 Å². The van der Waals surface area contributed by atoms with Crippen LogP contribution < -0.4 is 4.90 Å². The Kier molecular flexibility index (Phi) is 4.43. The molecule has 1 aromatic rings. The number of carbonyl (C=O) groups excluding carboxylic acids is 1. The van der Waals surface area contributed by atoms with E-state index in [0.717, 1.165) is 0 Å². The van der Waals surface area contributed by atoms with Crippen molar-refractivity contribution in [3.05, 3.63) is 28.3 Å². The van der Waals surface area contributed by atoms with E-state index in [1.54, 1.807) is 24.0 Å². The molecule has 3 rings (SSSR count). The van der Waals surface area contributed by atoms with Crippen molar-refractivity contribution in [1.82, 2.24) is 4.90 Å². The number of fused-ring (bicyclic) bond motifs is 1. The van der Waals surface area contributed by atoms with Gasteiger partial charge in [-0.2, -0.15) is 5.26 Å². The fraction of sp³-hybridized carbons (Fsp3) is 0.529. The largest absolute Gasteiger partial charge is 0.373 e. The second-order valence-electron chi connectivity index (χ2n) is 6.45. The molecule has 128 valence electrons. The van der Waals surface area contributed by atoms with Crippen LogP contribution in [0.3, 0.4) is 0 Å². The summed E-state index contributed by atoms with van der Waals surface area (Å²) in [6, 6.07) is 4.58. The number of benzene rings is 1. The number of hydrogen-bond acceptors (Lipinski definition) is 4. The number of ether oxygens (including phenoxy) is 1. The monoisotopic (exact) mass is 349 g/mol. The minimum absolute atomic E-state index is 0.0254. The molecule has 2 aliphatic heterocycles. The Morgan fingerprint density at radius 1 is 1.46 bits per heavy atom. The summed E-state index contributed by atoms with van der Waals surface area (Å²) in [5.41, 5.74) is 1.47. The van der Waals surface area contributed by atoms with E-state index in [2.05, 4.69) is 0 Å². The molecule has 0 aromatic heterocycles. The number of urea groups is 1. The highest BCUT2D eigenvalue weighted by atomic mass is 35.5. The Morgan fingerprint density at radius 2 is 2.17 bits per heavy atom. The molecule has 1 aromatic carbocycles. The first kappa shape index (κ1) is 17.0. The third kappa shape index (κ3) is 2.53. The van der Waals surface area contributed by atoms with Crippen molar-refractivity contribution in [3.63, 3.8) is 0 Å². The fourth-order valence-electron chi connectivity index (χ4n) is 3.53. The van der Waals surface area contributed by atoms with E-state index >= 15 is 0 Å². The zero-order chi connectivity index (χ0) is 17.6. The van der Waals surface area contributed by atoms with Crippen molar-refractivity contribution in [3.8, 4) is 6.07 Å². The molecule has 0 bridgehead atoms. The van der Waals surface area contributed by atoms with Crippen LogP contribution in [0, 0.1) is 18.3 Å². The average molecular weight is 350 g/mol. The molecule has 0 radical (unpaired) electrons. The summed E-state index contributed by atoms with van der Waals surface area (Å²) in [6.07, 6.45) is -0.459. The molecule has 2 fully saturated rings. The summed E-state index contributed by atoms with van der Waals surface area (Å²) < 4.78 is 5.87. The molecule has 0 spiro atoms. The number of halogens is 1. The highest BCUT2D eigenvalue weighted by Gasteiger charge is 2.53. The maximum absolute atomic E-state index is 12.8. The maximum Gasteiger partial charge on any atom is 0.327 e. The van der Waals surface area contributed by atoms with Gasteiger partial charge in [-0.15, -0.1) is 0 Å². The van der Waals surface area contributed by atoms with E-state index in [4.69, 9.17) is 21.6 Å². The van der Waals surface area contributed by atoms with Gasteiger partial charge in [0.2, 0.25) is 0 Å². The summed E-state index contributed by atoms with van der Waals surface area (Å²) in [5, 5.41) is 20.2. The standard InChI is InChI=1S/C17H20ClN3O3/c1-9(2)24-13-6-7-20-15(13)16(22)21(17(20)23)12-5-4-11(8-19)14(18)10(12)3/h4-5,9,13,15-16,22H,6-7H2,1-3H3/t13-,15+,16?/m1/s1. The molecular weight excluding hydrogens is 330 g/mol. The normalized spacial score (nSPS) is 26.2. The zero-order valence-corrected chi connectivity index (χ0v) is 14.6. The lowest BCUT2D eigenvalue weighted by Gasteiger charge is -2.27. The third-order valence-electron chi connectivity index (χ3n) is 4.60. The molecule has 0 aliphatic carbocycles. The van der Waals surface area contributed by atoms with Gasteiger partial charge in [0.25, 0.3) is 0 Å². The lowest BCUT2D eigenvalue weighted by molar-refractivity contribution is -0.0297. The minimum atomic E-state index is -1.01. The Labute approximate surface area is 146 Å². The topological polar surface area (TPSA) is 76.8 Å². The summed E-state index contributed by atoms with van der Waals surface area (Å²) in [5.74, 6) is 0. The van der Waals surface area contributed by atoms with Gasteiger partial charge in [0.05, 0.1) is 28.5 Å². The quantitative estimate of drug-likeness (QED) is 0.910. The fourth-order valence-corrected chi connectivity index (χ4v) is 3.74. The number of aliphatic hydroxyl groups excluding tert-OH is 1. The summed E-state index contributed by atoms with van der Waals surface area (Å²) >= 11 is 6.21. The van der Waals surface area contributed by atoms with Crippen LogP contribution >= 0.6 is 11.6 Å². The highest BCUT2D eigenvalue weighted by Crippen LogP contribution is 2.39. The first-order valence-electron chi connectivity index (χ1n) is 7.99. The van der Waals surface area contributed by atoms with E-state index < -0.39 is 12.3 Å². The number of rotatable bonds is 3. The first-order valence-corrected chi connectivity index (χ1v) is 8.37. The lowest BCUT2D eigenvalue weighted by Crippen LogP contribution is -2.43. The second-order valence-corrected chi connectivity index (χ2v) is 6.82. The lowest BCUT2D eigenvalue weighted by atomic mass is 10.1. The number of amides is 2. The number of nitrogens with zero attached hydrogens (tertiary/aromatic N) is 3. The Bertz CT molecular complexity index is 716. The number of nitriles is 1. The molecule has 2 amide bonds. The van der Waals surface area contributed by atoms with E-state index in [-0.39, 0.29) is 18.2 Å². The molecular formula is C17H20ClN3O3. The highest BCUT2D eigenvalue weighted by molar-refractivity contribution is 6.33. The summed E-state index contributed by atoms with van der Waals surface area (Å²) in [7, 11) is 0. The van der Waals surface area contributed by atoms with Gasteiger partial charge in [-0.3, -0.25) is 4.90 Å². The van der Waals surface area contributed by atoms with E-state index in [1.165, 1.54) is 4.90 Å². The van der Waals surface area contributed by atoms with Crippen LogP contribution in [-0.4, -0.2) is 47.1 Å². The van der Waals surface area contributed by atoms with Crippen molar-refractivity contribution in [1.29, 1.82) is 5.26 Å². The molecule has 2 heterocycles. The van der Waals surface area contributed by atoms with Crippen LogP contribution in [0.5, 0.6) is 0 Å². The molecule has 3 atom stereocenters. The van der Waals surface area contributed by atoms with E-state index in [9.17, 15) is 9.90 Å². The number of carbonyl (C=O) groups is 1. The molecule has 6 nitrogen and oxygen atoms in total. The number of aliphatic hydroxyl groups is 1. The minimum Gasteiger partial charge on any atom is -0.373 e. The molecule has 2 aliphatic rings. The van der Waals surface area contributed by atoms with Gasteiger partial charge < -0.3 is 14.7 Å². The second kappa shape index (κ2) is 6.25. The van der Waals surface area contributed by atoms with Crippen molar-refractivity contribution in [2.75, 3.05) is 11.4 Å². The molecule has 24 heavy (non-hydrogen) atoms. The van der Waals surface area contributed by atoms with Gasteiger partial charge >= 0.3 is 6.03 Å². The predicted molar refractivity (Wildman–Crippen MR) is 89.9 cm³/mol. The Morgan fingerprint density at radius 3 is 2.79 bits per heavy atom. The Hall–Kier alpha value is -1.81. The van der Waals surface area contributed by atoms with Gasteiger partial charge in [0.1, 0.15) is 12.1 Å². The molecule has 7 heteroatoms. The van der Waals surface area contributed by atoms with Gasteiger partial charge in [0, 0.05) is 6.54 Å². The van der Waals surface area contributed by atoms with Crippen molar-refractivity contribution in [2.24, 2.45) is 0 Å². The van der Waals surface area contributed by atoms with Crippen molar-refractivity contribution >= 4 is 23.3 Å². The van der Waals surface area contributed by atoms with Gasteiger partial charge in [0.15, 0.2) is 6.23 Å². The van der Waals surface area contributed by atoms with Gasteiger partial charge in [-0.1, -0.05) is 11.6 Å². The SMILES string of the molecule is Cc1c(N2C(=O)N3CC[C@@H](OC(C)C)[C@H]3C2O)ccc(C#N)c1Cl. The smallest absolute Gasteiger partial charge is 0.327 e. The van der Waals surface area contributed by atoms with Gasteiger partial charge in [-0.25, -0.2) is 4.79 Å². The summed E-state index contributed by atoms with van der Waals surface area (Å²) in [6.45, 7) is 6.17. The first-order chi connectivity index (χ1) is 11.4. The van der Waals surface area contributed by atoms with Gasteiger partial charge in [-0.05, 0) is 44.9 Å². The number of hydrogen-bond donors (Lipinski definition) is 1. The van der Waals surface area contributed by atoms with Crippen LogP contribution in [0.25, 0.3) is 0 Å². The zero-order valence-electron chi connectivity index (χ0n) is 13.9. The molecule has 0 saturated carbocycles. The van der Waals surface area contributed by atoms with Crippen molar-refractivity contribution < 1.29 is 14.6 Å². The Balaban J connectivity index is 1.95. The average Bonchev–Trinajstić information content (AvgIpc) is 3.04. The number of anilines is 1.